The van der Waals surface area contributed by atoms with E-state index in [-0.39, 0.29) is 23.9 Å². The Morgan fingerprint density at radius 3 is 2.69 bits per heavy atom. The average molecular weight is 355 g/mol. The van der Waals surface area contributed by atoms with E-state index in [4.69, 9.17) is 4.74 Å². The van der Waals surface area contributed by atoms with Gasteiger partial charge in [0.15, 0.2) is 0 Å². The molecule has 0 spiro atoms. The summed E-state index contributed by atoms with van der Waals surface area (Å²) < 4.78 is 19.1. The molecular formula is C19H18FN3O3. The summed E-state index contributed by atoms with van der Waals surface area (Å²) in [6.07, 6.45) is 0.160. The lowest BCUT2D eigenvalue weighted by molar-refractivity contribution is -0.120. The van der Waals surface area contributed by atoms with Crippen LogP contribution in [0.3, 0.4) is 0 Å². The van der Waals surface area contributed by atoms with Crippen molar-refractivity contribution in [2.24, 2.45) is 4.99 Å². The Kier molecular flexibility index (Phi) is 5.26. The molecule has 0 bridgehead atoms. The molecule has 0 radical (unpaired) electrons. The number of guanidine groups is 1. The number of benzene rings is 2. The fourth-order valence-corrected chi connectivity index (χ4v) is 2.62. The summed E-state index contributed by atoms with van der Waals surface area (Å²) in [5, 5.41) is 4.95. The number of nitrogens with zero attached hydrogens (tertiary/aromatic N) is 1. The van der Waals surface area contributed by atoms with Crippen molar-refractivity contribution in [3.8, 4) is 5.75 Å². The first-order valence-corrected chi connectivity index (χ1v) is 8.23. The lowest BCUT2D eigenvalue weighted by Gasteiger charge is -2.21. The van der Waals surface area contributed by atoms with Gasteiger partial charge in [0.25, 0.3) is 5.91 Å². The second-order valence-electron chi connectivity index (χ2n) is 5.68. The molecule has 0 aliphatic carbocycles. The normalized spacial score (nSPS) is 16.5. The topological polar surface area (TPSA) is 79.8 Å². The Morgan fingerprint density at radius 2 is 2.00 bits per heavy atom. The summed E-state index contributed by atoms with van der Waals surface area (Å²) in [6, 6.07) is 12.4. The third-order valence-corrected chi connectivity index (χ3v) is 3.85. The van der Waals surface area contributed by atoms with E-state index in [0.717, 1.165) is 11.3 Å². The van der Waals surface area contributed by atoms with Crippen molar-refractivity contribution in [3.05, 3.63) is 65.5 Å². The van der Waals surface area contributed by atoms with Gasteiger partial charge in [0.05, 0.1) is 24.6 Å². The van der Waals surface area contributed by atoms with Gasteiger partial charge in [-0.2, -0.15) is 0 Å². The number of aliphatic imine (C=N–C) groups is 1. The van der Waals surface area contributed by atoms with Gasteiger partial charge < -0.3 is 4.74 Å². The molecular weight excluding hydrogens is 337 g/mol. The molecule has 0 aromatic heterocycles. The van der Waals surface area contributed by atoms with Gasteiger partial charge >= 0.3 is 0 Å². The first-order chi connectivity index (χ1) is 12.6. The number of hydrogen-bond donors (Lipinski definition) is 2. The maximum absolute atomic E-state index is 13.7. The van der Waals surface area contributed by atoms with Crippen molar-refractivity contribution in [2.45, 2.75) is 19.4 Å². The average Bonchev–Trinajstić information content (AvgIpc) is 2.62. The number of rotatable bonds is 4. The highest BCUT2D eigenvalue weighted by Crippen LogP contribution is 2.25. The molecule has 0 fully saturated rings. The third kappa shape index (κ3) is 4.05. The van der Waals surface area contributed by atoms with Gasteiger partial charge in [-0.25, -0.2) is 9.38 Å². The van der Waals surface area contributed by atoms with E-state index in [2.05, 4.69) is 15.6 Å². The molecule has 2 aromatic carbocycles. The second-order valence-corrected chi connectivity index (χ2v) is 5.68. The second kappa shape index (κ2) is 7.77. The zero-order valence-corrected chi connectivity index (χ0v) is 14.2. The summed E-state index contributed by atoms with van der Waals surface area (Å²) in [5.41, 5.74) is 0.702. The van der Waals surface area contributed by atoms with E-state index >= 15 is 0 Å². The number of hydrogen-bond acceptors (Lipinski definition) is 4. The fourth-order valence-electron chi connectivity index (χ4n) is 2.62. The van der Waals surface area contributed by atoms with Gasteiger partial charge in [0, 0.05) is 0 Å². The Hall–Kier alpha value is -3.22. The standard InChI is InChI=1S/C19H18FN3O3/c1-2-26-13-9-7-12(8-10-13)16-11-17(24)22-19(21-16)23-18(25)14-5-3-4-6-15(14)20/h3-10,16H,2,11H2,1H3,(H2,21,22,23,24,25)/t16-/m0/s1. The van der Waals surface area contributed by atoms with Crippen LogP contribution in [-0.2, 0) is 4.79 Å². The lowest BCUT2D eigenvalue weighted by atomic mass is 10.0. The van der Waals surface area contributed by atoms with Crippen LogP contribution in [0.4, 0.5) is 4.39 Å². The van der Waals surface area contributed by atoms with Crippen molar-refractivity contribution in [1.82, 2.24) is 10.6 Å². The number of halogens is 1. The van der Waals surface area contributed by atoms with E-state index in [1.165, 1.54) is 18.2 Å². The van der Waals surface area contributed by atoms with Crippen LogP contribution in [-0.4, -0.2) is 24.4 Å². The van der Waals surface area contributed by atoms with Crippen LogP contribution in [0.2, 0.25) is 0 Å². The van der Waals surface area contributed by atoms with Gasteiger partial charge in [-0.05, 0) is 36.8 Å². The minimum absolute atomic E-state index is 0.00777. The van der Waals surface area contributed by atoms with Crippen molar-refractivity contribution in [1.29, 1.82) is 0 Å². The lowest BCUT2D eigenvalue weighted by Crippen LogP contribution is -2.47. The number of ether oxygens (including phenoxy) is 1. The summed E-state index contributed by atoms with van der Waals surface area (Å²) in [7, 11) is 0. The van der Waals surface area contributed by atoms with Gasteiger partial charge in [-0.3, -0.25) is 20.2 Å². The number of carbonyl (C=O) groups is 2. The van der Waals surface area contributed by atoms with Crippen LogP contribution in [0, 0.1) is 5.82 Å². The summed E-state index contributed by atoms with van der Waals surface area (Å²) in [6.45, 7) is 2.46. The van der Waals surface area contributed by atoms with Gasteiger partial charge in [0.2, 0.25) is 11.9 Å². The minimum atomic E-state index is -0.672. The first-order valence-electron chi connectivity index (χ1n) is 8.23. The van der Waals surface area contributed by atoms with Gasteiger partial charge in [-0.1, -0.05) is 24.3 Å². The quantitative estimate of drug-likeness (QED) is 0.885. The molecule has 134 valence electrons. The van der Waals surface area contributed by atoms with Crippen LogP contribution in [0.5, 0.6) is 5.75 Å². The van der Waals surface area contributed by atoms with Crippen molar-refractivity contribution < 1.29 is 18.7 Å². The molecule has 7 heteroatoms. The number of carbonyl (C=O) groups excluding carboxylic acids is 2. The van der Waals surface area contributed by atoms with E-state index in [1.54, 1.807) is 18.2 Å². The van der Waals surface area contributed by atoms with E-state index in [0.29, 0.717) is 6.61 Å². The van der Waals surface area contributed by atoms with Gasteiger partial charge in [-0.15, -0.1) is 0 Å². The molecule has 1 heterocycles. The van der Waals surface area contributed by atoms with E-state index in [9.17, 15) is 14.0 Å². The molecule has 0 saturated heterocycles. The molecule has 3 rings (SSSR count). The highest BCUT2D eigenvalue weighted by atomic mass is 19.1. The van der Waals surface area contributed by atoms with E-state index in [1.807, 2.05) is 19.1 Å². The zero-order valence-electron chi connectivity index (χ0n) is 14.2. The first kappa shape index (κ1) is 17.6. The molecule has 2 aromatic rings. The Morgan fingerprint density at radius 1 is 1.27 bits per heavy atom. The Balaban J connectivity index is 1.78. The number of amides is 2. The largest absolute Gasteiger partial charge is 0.494 e. The van der Waals surface area contributed by atoms with Gasteiger partial charge in [0.1, 0.15) is 11.6 Å². The third-order valence-electron chi connectivity index (χ3n) is 3.85. The minimum Gasteiger partial charge on any atom is -0.494 e. The molecule has 1 atom stereocenters. The van der Waals surface area contributed by atoms with Crippen molar-refractivity contribution in [2.75, 3.05) is 6.61 Å². The summed E-state index contributed by atoms with van der Waals surface area (Å²) in [5.74, 6) is -0.852. The summed E-state index contributed by atoms with van der Waals surface area (Å²) in [4.78, 5) is 28.5. The predicted molar refractivity (Wildman–Crippen MR) is 94.4 cm³/mol. The molecule has 0 unspecified atom stereocenters. The van der Waals surface area contributed by atoms with Crippen LogP contribution in [0.15, 0.2) is 53.5 Å². The molecule has 1 aliphatic rings. The summed E-state index contributed by atoms with van der Waals surface area (Å²) >= 11 is 0. The Labute approximate surface area is 150 Å². The highest BCUT2D eigenvalue weighted by Gasteiger charge is 2.24. The Bertz CT molecular complexity index is 849. The molecule has 6 nitrogen and oxygen atoms in total. The molecule has 2 amide bonds. The van der Waals surface area contributed by atoms with Crippen LogP contribution >= 0.6 is 0 Å². The fraction of sp³-hybridized carbons (Fsp3) is 0.211. The van der Waals surface area contributed by atoms with Crippen LogP contribution in [0.25, 0.3) is 0 Å². The smallest absolute Gasteiger partial charge is 0.260 e. The molecule has 2 N–H and O–H groups in total. The van der Waals surface area contributed by atoms with Crippen molar-refractivity contribution in [3.63, 3.8) is 0 Å². The maximum Gasteiger partial charge on any atom is 0.260 e. The van der Waals surface area contributed by atoms with Crippen LogP contribution < -0.4 is 15.4 Å². The molecule has 1 aliphatic heterocycles. The predicted octanol–water partition coefficient (Wildman–Crippen LogP) is 2.57. The highest BCUT2D eigenvalue weighted by molar-refractivity contribution is 6.10. The monoisotopic (exact) mass is 355 g/mol. The molecule has 0 saturated carbocycles. The van der Waals surface area contributed by atoms with Crippen molar-refractivity contribution >= 4 is 17.8 Å². The van der Waals surface area contributed by atoms with Crippen LogP contribution in [0.1, 0.15) is 35.3 Å². The van der Waals surface area contributed by atoms with E-state index < -0.39 is 17.8 Å². The zero-order chi connectivity index (χ0) is 18.5. The molecule has 26 heavy (non-hydrogen) atoms. The maximum atomic E-state index is 13.7. The number of nitrogens with one attached hydrogen (secondary N) is 2. The SMILES string of the molecule is CCOc1ccc([C@@H]2CC(=O)NC(NC(=O)c3ccccc3F)=N2)cc1.